The molecule has 1 aliphatic carbocycles. The largest absolute Gasteiger partial charge is 0.325 e. The van der Waals surface area contributed by atoms with E-state index in [-0.39, 0.29) is 11.3 Å². The van der Waals surface area contributed by atoms with Crippen LogP contribution in [0.25, 0.3) is 0 Å². The molecular weight excluding hydrogens is 234 g/mol. The quantitative estimate of drug-likeness (QED) is 0.894. The van der Waals surface area contributed by atoms with Gasteiger partial charge in [-0.1, -0.05) is 23.7 Å². The molecule has 0 radical (unpaired) electrons. The van der Waals surface area contributed by atoms with Crippen LogP contribution in [-0.2, 0) is 11.2 Å². The van der Waals surface area contributed by atoms with E-state index in [0.717, 1.165) is 30.4 Å². The first-order chi connectivity index (χ1) is 7.98. The van der Waals surface area contributed by atoms with Crippen molar-refractivity contribution in [2.24, 2.45) is 5.73 Å². The summed E-state index contributed by atoms with van der Waals surface area (Å²) in [6, 6.07) is 5.81. The normalized spacial score (nSPS) is 17.6. The van der Waals surface area contributed by atoms with Gasteiger partial charge < -0.3 is 5.73 Å². The number of hydrogen-bond donors (Lipinski definition) is 1. The van der Waals surface area contributed by atoms with Crippen LogP contribution in [0.4, 0.5) is 0 Å². The second-order valence-electron chi connectivity index (χ2n) is 5.20. The zero-order chi connectivity index (χ0) is 12.5. The molecule has 92 valence electrons. The highest BCUT2D eigenvalue weighted by Gasteiger charge is 2.34. The molecule has 2 rings (SSSR count). The summed E-state index contributed by atoms with van der Waals surface area (Å²) in [5, 5.41) is 0.679. The molecule has 1 saturated carbocycles. The van der Waals surface area contributed by atoms with E-state index in [4.69, 9.17) is 17.3 Å². The summed E-state index contributed by atoms with van der Waals surface area (Å²) in [6.07, 6.45) is 3.98. The van der Waals surface area contributed by atoms with E-state index in [9.17, 15) is 4.79 Å². The van der Waals surface area contributed by atoms with Gasteiger partial charge in [0.15, 0.2) is 0 Å². The monoisotopic (exact) mass is 251 g/mol. The Balaban J connectivity index is 1.98. The van der Waals surface area contributed by atoms with E-state index in [1.54, 1.807) is 0 Å². The molecule has 2 nitrogen and oxygen atoms in total. The Morgan fingerprint density at radius 2 is 2.18 bits per heavy atom. The van der Waals surface area contributed by atoms with Crippen molar-refractivity contribution in [3.8, 4) is 0 Å². The van der Waals surface area contributed by atoms with Gasteiger partial charge in [0, 0.05) is 23.4 Å². The maximum Gasteiger partial charge on any atom is 0.139 e. The molecule has 0 atom stereocenters. The van der Waals surface area contributed by atoms with Gasteiger partial charge in [0.25, 0.3) is 0 Å². The summed E-state index contributed by atoms with van der Waals surface area (Å²) in [4.78, 5) is 11.9. The van der Waals surface area contributed by atoms with Crippen LogP contribution in [-0.4, -0.2) is 11.3 Å². The molecule has 0 spiro atoms. The second-order valence-corrected chi connectivity index (χ2v) is 5.61. The van der Waals surface area contributed by atoms with Gasteiger partial charge >= 0.3 is 0 Å². The topological polar surface area (TPSA) is 43.1 Å². The molecule has 1 aromatic rings. The number of halogens is 1. The van der Waals surface area contributed by atoms with Crippen molar-refractivity contribution in [2.75, 3.05) is 0 Å². The first-order valence-corrected chi connectivity index (χ1v) is 6.42. The van der Waals surface area contributed by atoms with Gasteiger partial charge in [-0.3, -0.25) is 4.79 Å². The smallest absolute Gasteiger partial charge is 0.139 e. The highest BCUT2D eigenvalue weighted by molar-refractivity contribution is 6.31. The van der Waals surface area contributed by atoms with Gasteiger partial charge in [-0.05, 0) is 43.4 Å². The molecule has 0 aromatic heterocycles. The number of carbonyl (C=O) groups excluding carboxylic acids is 1. The minimum atomic E-state index is -0.228. The van der Waals surface area contributed by atoms with Crippen LogP contribution in [0.1, 0.15) is 36.8 Å². The van der Waals surface area contributed by atoms with E-state index >= 15 is 0 Å². The van der Waals surface area contributed by atoms with Gasteiger partial charge in [0.1, 0.15) is 5.78 Å². The average Bonchev–Trinajstić information content (AvgIpc) is 2.20. The second kappa shape index (κ2) is 4.79. The van der Waals surface area contributed by atoms with Gasteiger partial charge in [-0.2, -0.15) is 0 Å². The lowest BCUT2D eigenvalue weighted by Crippen LogP contribution is -2.48. The molecule has 0 heterocycles. The van der Waals surface area contributed by atoms with E-state index < -0.39 is 0 Å². The maximum absolute atomic E-state index is 11.9. The third-order valence-corrected chi connectivity index (χ3v) is 3.85. The predicted molar refractivity (Wildman–Crippen MR) is 70.3 cm³/mol. The molecular formula is C14H18ClNO. The maximum atomic E-state index is 11.9. The molecule has 0 aliphatic heterocycles. The van der Waals surface area contributed by atoms with Crippen LogP contribution >= 0.6 is 11.6 Å². The lowest BCUT2D eigenvalue weighted by Gasteiger charge is -2.37. The number of carbonyl (C=O) groups is 1. The van der Waals surface area contributed by atoms with Crippen molar-refractivity contribution in [1.29, 1.82) is 0 Å². The zero-order valence-corrected chi connectivity index (χ0v) is 10.9. The van der Waals surface area contributed by atoms with E-state index in [0.29, 0.717) is 17.9 Å². The van der Waals surface area contributed by atoms with Crippen LogP contribution in [0, 0.1) is 6.92 Å². The molecule has 1 fully saturated rings. The van der Waals surface area contributed by atoms with Crippen molar-refractivity contribution in [3.63, 3.8) is 0 Å². The predicted octanol–water partition coefficient (Wildman–Crippen LogP) is 3.03. The number of rotatable bonds is 4. The molecule has 1 aliphatic rings. The van der Waals surface area contributed by atoms with Crippen molar-refractivity contribution >= 4 is 17.4 Å². The highest BCUT2D eigenvalue weighted by atomic mass is 35.5. The minimum Gasteiger partial charge on any atom is -0.325 e. The van der Waals surface area contributed by atoms with Crippen LogP contribution in [0.15, 0.2) is 18.2 Å². The number of ketones is 1. The fourth-order valence-corrected chi connectivity index (χ4v) is 2.57. The van der Waals surface area contributed by atoms with Crippen LogP contribution in [0.3, 0.4) is 0 Å². The van der Waals surface area contributed by atoms with Crippen molar-refractivity contribution in [3.05, 3.63) is 34.3 Å². The fourth-order valence-electron chi connectivity index (χ4n) is 2.27. The summed E-state index contributed by atoms with van der Waals surface area (Å²) in [5.41, 5.74) is 7.86. The Kier molecular flexibility index (Phi) is 3.55. The molecule has 1 aromatic carbocycles. The standard InChI is InChI=1S/C14H18ClNO/c1-10-3-4-11(13(15)7-10)8-12(17)9-14(16)5-2-6-14/h3-4,7H,2,5-6,8-9,16H2,1H3. The Labute approximate surface area is 107 Å². The van der Waals surface area contributed by atoms with Gasteiger partial charge in [-0.25, -0.2) is 0 Å². The summed E-state index contributed by atoms with van der Waals surface area (Å²) < 4.78 is 0. The lowest BCUT2D eigenvalue weighted by atomic mass is 9.74. The summed E-state index contributed by atoms with van der Waals surface area (Å²) in [5.74, 6) is 0.193. The first kappa shape index (κ1) is 12.6. The SMILES string of the molecule is Cc1ccc(CC(=O)CC2(N)CCC2)c(Cl)c1. The number of benzene rings is 1. The summed E-state index contributed by atoms with van der Waals surface area (Å²) in [7, 11) is 0. The zero-order valence-electron chi connectivity index (χ0n) is 10.1. The number of aryl methyl sites for hydroxylation is 1. The molecule has 17 heavy (non-hydrogen) atoms. The van der Waals surface area contributed by atoms with Crippen LogP contribution < -0.4 is 5.73 Å². The number of nitrogens with two attached hydrogens (primary N) is 1. The van der Waals surface area contributed by atoms with Gasteiger partial charge in [0.05, 0.1) is 0 Å². The van der Waals surface area contributed by atoms with Crippen molar-refractivity contribution in [2.45, 2.75) is 44.6 Å². The van der Waals surface area contributed by atoms with Crippen LogP contribution in [0.2, 0.25) is 5.02 Å². The van der Waals surface area contributed by atoms with E-state index in [1.807, 2.05) is 25.1 Å². The van der Waals surface area contributed by atoms with E-state index in [2.05, 4.69) is 0 Å². The molecule has 2 N–H and O–H groups in total. The van der Waals surface area contributed by atoms with Crippen molar-refractivity contribution in [1.82, 2.24) is 0 Å². The molecule has 3 heteroatoms. The lowest BCUT2D eigenvalue weighted by molar-refractivity contribution is -0.120. The summed E-state index contributed by atoms with van der Waals surface area (Å²) >= 11 is 6.11. The molecule has 0 amide bonds. The average molecular weight is 252 g/mol. The molecule has 0 saturated heterocycles. The Bertz CT molecular complexity index is 438. The summed E-state index contributed by atoms with van der Waals surface area (Å²) in [6.45, 7) is 1.99. The highest BCUT2D eigenvalue weighted by Crippen LogP contribution is 2.32. The third kappa shape index (κ3) is 3.08. The minimum absolute atomic E-state index is 0.193. The van der Waals surface area contributed by atoms with Gasteiger partial charge in [-0.15, -0.1) is 0 Å². The third-order valence-electron chi connectivity index (χ3n) is 3.49. The number of Topliss-reactive ketones (excluding diaryl/α,β-unsaturated/α-hetero) is 1. The van der Waals surface area contributed by atoms with Gasteiger partial charge in [0.2, 0.25) is 0 Å². The Hall–Kier alpha value is -0.860. The van der Waals surface area contributed by atoms with Crippen LogP contribution in [0.5, 0.6) is 0 Å². The Morgan fingerprint density at radius 1 is 1.47 bits per heavy atom. The fraction of sp³-hybridized carbons (Fsp3) is 0.500. The Morgan fingerprint density at radius 3 is 2.71 bits per heavy atom. The molecule has 0 unspecified atom stereocenters. The first-order valence-electron chi connectivity index (χ1n) is 6.04. The van der Waals surface area contributed by atoms with E-state index in [1.165, 1.54) is 0 Å². The molecule has 0 bridgehead atoms. The number of hydrogen-bond acceptors (Lipinski definition) is 2. The van der Waals surface area contributed by atoms with Crippen molar-refractivity contribution < 1.29 is 4.79 Å².